The van der Waals surface area contributed by atoms with Crippen molar-refractivity contribution in [3.8, 4) is 0 Å². The molecule has 6 N–H and O–H groups in total. The number of nitrogens with two attached hydrogens (primary N) is 1. The molecule has 6 heteroatoms. The molecule has 0 unspecified atom stereocenters. The first kappa shape index (κ1) is 23.0. The zero-order valence-electron chi connectivity index (χ0n) is 18.3. The highest BCUT2D eigenvalue weighted by molar-refractivity contribution is 6.07. The van der Waals surface area contributed by atoms with Crippen molar-refractivity contribution in [3.63, 3.8) is 0 Å². The SMILES string of the molecule is NCCCNCCCCNCCCNC(=O)Nc1cccc2cc3ccccc3cc12. The van der Waals surface area contributed by atoms with Gasteiger partial charge in [-0.05, 0) is 92.8 Å². The predicted molar refractivity (Wildman–Crippen MR) is 132 cm³/mol. The lowest BCUT2D eigenvalue weighted by atomic mass is 10.0. The Labute approximate surface area is 185 Å². The lowest BCUT2D eigenvalue weighted by molar-refractivity contribution is 0.252. The maximum atomic E-state index is 12.3. The maximum absolute atomic E-state index is 12.3. The third kappa shape index (κ3) is 7.51. The van der Waals surface area contributed by atoms with Crippen LogP contribution in [0, 0.1) is 0 Å². The smallest absolute Gasteiger partial charge is 0.319 e. The van der Waals surface area contributed by atoms with Gasteiger partial charge in [0.15, 0.2) is 0 Å². The standard InChI is InChI=1S/C25H35N5O/c26-12-6-15-27-13-3-4-14-28-16-7-17-29-25(31)30-24-11-5-10-22-18-20-8-1-2-9-21(20)19-23(22)24/h1-2,5,8-11,18-19,27-28H,3-4,6-7,12-17,26H2,(H2,29,30,31). The molecule has 0 aliphatic heterocycles. The van der Waals surface area contributed by atoms with E-state index in [0.29, 0.717) is 6.54 Å². The van der Waals surface area contributed by atoms with Gasteiger partial charge in [-0.25, -0.2) is 4.79 Å². The Morgan fingerprint density at radius 1 is 0.710 bits per heavy atom. The summed E-state index contributed by atoms with van der Waals surface area (Å²) in [5, 5.41) is 17.3. The summed E-state index contributed by atoms with van der Waals surface area (Å²) in [5.74, 6) is 0. The van der Waals surface area contributed by atoms with E-state index in [2.05, 4.69) is 51.6 Å². The summed E-state index contributed by atoms with van der Waals surface area (Å²) < 4.78 is 0. The van der Waals surface area contributed by atoms with Crippen LogP contribution in [0.25, 0.3) is 21.5 Å². The number of anilines is 1. The Balaban J connectivity index is 1.34. The Bertz CT molecular complexity index is 959. The summed E-state index contributed by atoms with van der Waals surface area (Å²) in [6.45, 7) is 5.36. The zero-order valence-corrected chi connectivity index (χ0v) is 18.3. The second kappa shape index (κ2) is 12.9. The van der Waals surface area contributed by atoms with Gasteiger partial charge in [0.25, 0.3) is 0 Å². The van der Waals surface area contributed by atoms with Crippen molar-refractivity contribution in [2.75, 3.05) is 44.6 Å². The number of amides is 2. The van der Waals surface area contributed by atoms with E-state index in [0.717, 1.165) is 68.4 Å². The largest absolute Gasteiger partial charge is 0.338 e. The third-order valence-electron chi connectivity index (χ3n) is 5.33. The van der Waals surface area contributed by atoms with Gasteiger partial charge < -0.3 is 27.0 Å². The van der Waals surface area contributed by atoms with Crippen LogP contribution in [0.1, 0.15) is 25.7 Å². The lowest BCUT2D eigenvalue weighted by Crippen LogP contribution is -2.31. The molecule has 0 spiro atoms. The molecule has 0 saturated heterocycles. The molecule has 0 radical (unpaired) electrons. The summed E-state index contributed by atoms with van der Waals surface area (Å²) in [5.41, 5.74) is 6.30. The van der Waals surface area contributed by atoms with Crippen molar-refractivity contribution in [3.05, 3.63) is 54.6 Å². The molecule has 3 aromatic rings. The average Bonchev–Trinajstić information content (AvgIpc) is 2.79. The molecule has 0 heterocycles. The normalized spacial score (nSPS) is 11.1. The van der Waals surface area contributed by atoms with Gasteiger partial charge in [-0.1, -0.05) is 36.4 Å². The predicted octanol–water partition coefficient (Wildman–Crippen LogP) is 3.81. The van der Waals surface area contributed by atoms with E-state index in [1.54, 1.807) is 0 Å². The van der Waals surface area contributed by atoms with Gasteiger partial charge in [0.1, 0.15) is 0 Å². The van der Waals surface area contributed by atoms with Gasteiger partial charge in [-0.3, -0.25) is 0 Å². The van der Waals surface area contributed by atoms with Crippen molar-refractivity contribution in [2.45, 2.75) is 25.7 Å². The highest BCUT2D eigenvalue weighted by Gasteiger charge is 2.06. The number of fused-ring (bicyclic) bond motifs is 2. The third-order valence-corrected chi connectivity index (χ3v) is 5.33. The minimum Gasteiger partial charge on any atom is -0.338 e. The van der Waals surface area contributed by atoms with Crippen LogP contribution in [0.3, 0.4) is 0 Å². The molecule has 31 heavy (non-hydrogen) atoms. The number of urea groups is 1. The number of carbonyl (C=O) groups excluding carboxylic acids is 1. The molecule has 0 bridgehead atoms. The van der Waals surface area contributed by atoms with Gasteiger partial charge in [0.05, 0.1) is 5.69 Å². The van der Waals surface area contributed by atoms with Crippen LogP contribution < -0.4 is 27.0 Å². The first-order chi connectivity index (χ1) is 15.3. The number of hydrogen-bond acceptors (Lipinski definition) is 4. The van der Waals surface area contributed by atoms with E-state index in [9.17, 15) is 4.79 Å². The monoisotopic (exact) mass is 421 g/mol. The van der Waals surface area contributed by atoms with Crippen LogP contribution >= 0.6 is 0 Å². The zero-order chi connectivity index (χ0) is 21.7. The summed E-state index contributed by atoms with van der Waals surface area (Å²) in [7, 11) is 0. The number of unbranched alkanes of at least 4 members (excludes halogenated alkanes) is 1. The fourth-order valence-corrected chi connectivity index (χ4v) is 3.63. The van der Waals surface area contributed by atoms with E-state index in [-0.39, 0.29) is 6.03 Å². The molecule has 0 aliphatic carbocycles. The van der Waals surface area contributed by atoms with Crippen LogP contribution in [0.4, 0.5) is 10.5 Å². The minimum absolute atomic E-state index is 0.163. The van der Waals surface area contributed by atoms with E-state index in [1.165, 1.54) is 17.2 Å². The van der Waals surface area contributed by atoms with Gasteiger partial charge in [0.2, 0.25) is 0 Å². The molecule has 2 amide bonds. The van der Waals surface area contributed by atoms with Crippen LogP contribution in [0.2, 0.25) is 0 Å². The van der Waals surface area contributed by atoms with Crippen molar-refractivity contribution >= 4 is 33.3 Å². The molecular weight excluding hydrogens is 386 g/mol. The summed E-state index contributed by atoms with van der Waals surface area (Å²) in [4.78, 5) is 12.3. The molecule has 0 aliphatic rings. The molecule has 166 valence electrons. The highest BCUT2D eigenvalue weighted by Crippen LogP contribution is 2.28. The molecule has 6 nitrogen and oxygen atoms in total. The molecule has 0 saturated carbocycles. The van der Waals surface area contributed by atoms with E-state index >= 15 is 0 Å². The van der Waals surface area contributed by atoms with Crippen LogP contribution in [-0.2, 0) is 0 Å². The summed E-state index contributed by atoms with van der Waals surface area (Å²) >= 11 is 0. The molecular formula is C25H35N5O. The number of carbonyl (C=O) groups is 1. The van der Waals surface area contributed by atoms with Gasteiger partial charge >= 0.3 is 6.03 Å². The Hall–Kier alpha value is -2.67. The molecule has 0 fully saturated rings. The summed E-state index contributed by atoms with van der Waals surface area (Å²) in [6.07, 6.45) is 4.26. The molecule has 0 aromatic heterocycles. The Morgan fingerprint density at radius 2 is 1.35 bits per heavy atom. The Kier molecular flexibility index (Phi) is 9.57. The number of nitrogens with one attached hydrogen (secondary N) is 4. The van der Waals surface area contributed by atoms with Crippen molar-refractivity contribution < 1.29 is 4.79 Å². The van der Waals surface area contributed by atoms with Crippen LogP contribution in [0.15, 0.2) is 54.6 Å². The van der Waals surface area contributed by atoms with Crippen molar-refractivity contribution in [1.29, 1.82) is 0 Å². The van der Waals surface area contributed by atoms with Gasteiger partial charge in [-0.2, -0.15) is 0 Å². The first-order valence-corrected chi connectivity index (χ1v) is 11.4. The van der Waals surface area contributed by atoms with Gasteiger partial charge in [0, 0.05) is 11.9 Å². The molecule has 3 aromatic carbocycles. The minimum atomic E-state index is -0.163. The fraction of sp³-hybridized carbons (Fsp3) is 0.400. The quantitative estimate of drug-likeness (QED) is 0.214. The fourth-order valence-electron chi connectivity index (χ4n) is 3.63. The summed E-state index contributed by atoms with van der Waals surface area (Å²) in [6, 6.07) is 18.4. The van der Waals surface area contributed by atoms with E-state index in [1.807, 2.05) is 24.3 Å². The lowest BCUT2D eigenvalue weighted by Gasteiger charge is -2.11. The number of benzene rings is 3. The van der Waals surface area contributed by atoms with Gasteiger partial charge in [-0.15, -0.1) is 0 Å². The maximum Gasteiger partial charge on any atom is 0.319 e. The highest BCUT2D eigenvalue weighted by atomic mass is 16.2. The topological polar surface area (TPSA) is 91.2 Å². The van der Waals surface area contributed by atoms with E-state index < -0.39 is 0 Å². The average molecular weight is 422 g/mol. The Morgan fingerprint density at radius 3 is 2.10 bits per heavy atom. The number of hydrogen-bond donors (Lipinski definition) is 5. The van der Waals surface area contributed by atoms with Crippen LogP contribution in [0.5, 0.6) is 0 Å². The number of rotatable bonds is 13. The van der Waals surface area contributed by atoms with E-state index in [4.69, 9.17) is 5.73 Å². The second-order valence-corrected chi connectivity index (χ2v) is 7.81. The second-order valence-electron chi connectivity index (χ2n) is 7.81. The van der Waals surface area contributed by atoms with Crippen LogP contribution in [-0.4, -0.2) is 45.3 Å². The first-order valence-electron chi connectivity index (χ1n) is 11.4. The molecule has 0 atom stereocenters. The van der Waals surface area contributed by atoms with Crippen molar-refractivity contribution in [2.24, 2.45) is 5.73 Å². The van der Waals surface area contributed by atoms with Crippen molar-refractivity contribution in [1.82, 2.24) is 16.0 Å². The molecule has 3 rings (SSSR count).